The average Bonchev–Trinajstić information content (AvgIpc) is 3.43. The van der Waals surface area contributed by atoms with Gasteiger partial charge in [0.05, 0.1) is 17.8 Å². The smallest absolute Gasteiger partial charge is 0.340 e. The van der Waals surface area contributed by atoms with E-state index in [0.717, 1.165) is 31.4 Å². The highest BCUT2D eigenvalue weighted by Gasteiger charge is 2.37. The van der Waals surface area contributed by atoms with Gasteiger partial charge in [0.15, 0.2) is 17.6 Å². The van der Waals surface area contributed by atoms with Crippen LogP contribution in [0.5, 0.6) is 11.5 Å². The number of ether oxygens (including phenoxy) is 4. The fraction of sp³-hybridized carbons (Fsp3) is 0.462. The van der Waals surface area contributed by atoms with E-state index in [-0.39, 0.29) is 19.3 Å². The lowest BCUT2D eigenvalue weighted by Crippen LogP contribution is -2.30. The van der Waals surface area contributed by atoms with Crippen LogP contribution in [0.3, 0.4) is 0 Å². The summed E-state index contributed by atoms with van der Waals surface area (Å²) in [6.07, 6.45) is -0.844. The molecule has 2 aromatic carbocycles. The first-order valence-corrected chi connectivity index (χ1v) is 12.4. The second-order valence-corrected chi connectivity index (χ2v) is 10.6. The van der Waals surface area contributed by atoms with Crippen molar-refractivity contribution < 1.29 is 28.5 Å². The summed E-state index contributed by atoms with van der Waals surface area (Å²) < 4.78 is 23.6. The molecule has 2 aromatic rings. The molecule has 1 atom stereocenters. The molecule has 4 rings (SSSR count). The average molecular weight is 579 g/mol. The number of hydrogen-bond donors (Lipinski definition) is 0. The Hall–Kier alpha value is -2.33. The molecule has 0 unspecified atom stereocenters. The number of rotatable bonds is 5. The van der Waals surface area contributed by atoms with Crippen LogP contribution in [0.4, 0.5) is 0 Å². The largest absolute Gasteiger partial charge is 0.464 e. The molecule has 2 heterocycles. The zero-order valence-corrected chi connectivity index (χ0v) is 22.6. The Morgan fingerprint density at radius 2 is 1.79 bits per heavy atom. The minimum Gasteiger partial charge on any atom is -0.464 e. The third kappa shape index (κ3) is 4.49. The Morgan fingerprint density at radius 3 is 2.44 bits per heavy atom. The predicted molar refractivity (Wildman–Crippen MR) is 135 cm³/mol. The zero-order chi connectivity index (χ0) is 24.8. The third-order valence-electron chi connectivity index (χ3n) is 6.09. The van der Waals surface area contributed by atoms with E-state index in [9.17, 15) is 9.59 Å². The van der Waals surface area contributed by atoms with E-state index in [1.165, 1.54) is 0 Å². The number of benzene rings is 2. The van der Waals surface area contributed by atoms with Gasteiger partial charge in [-0.1, -0.05) is 6.07 Å². The minimum absolute atomic E-state index is 0.109. The lowest BCUT2D eigenvalue weighted by Gasteiger charge is -2.29. The molecule has 1 amide bonds. The van der Waals surface area contributed by atoms with Crippen LogP contribution in [0.2, 0.25) is 0 Å². The van der Waals surface area contributed by atoms with Crippen molar-refractivity contribution in [3.05, 3.63) is 55.1 Å². The number of nitrogens with zero attached hydrogens (tertiary/aromatic N) is 1. The van der Waals surface area contributed by atoms with Gasteiger partial charge in [-0.2, -0.15) is 0 Å². The number of carbonyl (C=O) groups is 2. The minimum atomic E-state index is -0.844. The normalized spacial score (nSPS) is 15.3. The molecule has 7 nitrogen and oxygen atoms in total. The Balaban J connectivity index is 1.72. The maximum atomic E-state index is 13.5. The predicted octanol–water partition coefficient (Wildman–Crippen LogP) is 5.21. The van der Waals surface area contributed by atoms with E-state index >= 15 is 0 Å². The van der Waals surface area contributed by atoms with Gasteiger partial charge in [-0.3, -0.25) is 4.79 Å². The number of amides is 1. The van der Waals surface area contributed by atoms with E-state index in [2.05, 4.69) is 22.6 Å². The SMILES string of the molecule is CCOC(=O)[C@@H](OC(C)(C)C)c1c(C)c2c(c(C)c1I)CN(C(=O)c1cccc3c1OCO3)C2. The van der Waals surface area contributed by atoms with Crippen molar-refractivity contribution in [2.45, 2.75) is 66.3 Å². The van der Waals surface area contributed by atoms with Crippen LogP contribution in [-0.4, -0.2) is 35.8 Å². The van der Waals surface area contributed by atoms with Crippen molar-refractivity contribution >= 4 is 34.5 Å². The number of halogens is 1. The summed E-state index contributed by atoms with van der Waals surface area (Å²) in [4.78, 5) is 28.2. The summed E-state index contributed by atoms with van der Waals surface area (Å²) in [5.41, 5.74) is 4.94. The molecule has 0 saturated heterocycles. The van der Waals surface area contributed by atoms with Gasteiger partial charge in [-0.15, -0.1) is 0 Å². The molecule has 0 fully saturated rings. The maximum absolute atomic E-state index is 13.5. The van der Waals surface area contributed by atoms with Crippen LogP contribution in [0.25, 0.3) is 0 Å². The van der Waals surface area contributed by atoms with Gasteiger partial charge < -0.3 is 23.8 Å². The van der Waals surface area contributed by atoms with Gasteiger partial charge in [-0.25, -0.2) is 4.79 Å². The standard InChI is InChI=1S/C26H30INO6/c1-7-31-25(30)23(34-26(4,5)6)20-14(2)17-11-28(12-18(17)15(3)21(20)27)24(29)16-9-8-10-19-22(16)33-13-32-19/h8-10,23H,7,11-13H2,1-6H3/t23-/m0/s1. The molecule has 0 spiro atoms. The number of para-hydroxylation sites is 1. The molecular weight excluding hydrogens is 549 g/mol. The molecule has 2 aliphatic rings. The summed E-state index contributed by atoms with van der Waals surface area (Å²) in [6.45, 7) is 12.9. The molecule has 0 radical (unpaired) electrons. The van der Waals surface area contributed by atoms with Crippen molar-refractivity contribution in [3.63, 3.8) is 0 Å². The van der Waals surface area contributed by atoms with Gasteiger partial charge in [-0.05, 0) is 98.5 Å². The molecule has 0 aromatic heterocycles. The highest BCUT2D eigenvalue weighted by atomic mass is 127. The summed E-state index contributed by atoms with van der Waals surface area (Å²) in [5.74, 6) is 0.569. The molecule has 182 valence electrons. The van der Waals surface area contributed by atoms with Crippen LogP contribution < -0.4 is 9.47 Å². The Labute approximate surface area is 213 Å². The number of esters is 1. The number of carbonyl (C=O) groups excluding carboxylic acids is 2. The van der Waals surface area contributed by atoms with Crippen LogP contribution in [-0.2, 0) is 27.4 Å². The van der Waals surface area contributed by atoms with Crippen molar-refractivity contribution in [2.75, 3.05) is 13.4 Å². The fourth-order valence-electron chi connectivity index (χ4n) is 4.50. The molecular formula is C26H30INO6. The topological polar surface area (TPSA) is 74.3 Å². The van der Waals surface area contributed by atoms with Crippen LogP contribution in [0.15, 0.2) is 18.2 Å². The summed E-state index contributed by atoms with van der Waals surface area (Å²) >= 11 is 2.28. The van der Waals surface area contributed by atoms with Gasteiger partial charge in [0.25, 0.3) is 5.91 Å². The molecule has 0 bridgehead atoms. The van der Waals surface area contributed by atoms with Crippen LogP contribution in [0, 0.1) is 17.4 Å². The highest BCUT2D eigenvalue weighted by molar-refractivity contribution is 14.1. The van der Waals surface area contributed by atoms with Crippen LogP contribution in [0.1, 0.15) is 72.0 Å². The van der Waals surface area contributed by atoms with Gasteiger partial charge in [0.2, 0.25) is 6.79 Å². The van der Waals surface area contributed by atoms with Gasteiger partial charge >= 0.3 is 5.97 Å². The number of hydrogen-bond acceptors (Lipinski definition) is 6. The van der Waals surface area contributed by atoms with E-state index in [4.69, 9.17) is 18.9 Å². The monoisotopic (exact) mass is 579 g/mol. The van der Waals surface area contributed by atoms with Crippen molar-refractivity contribution in [1.29, 1.82) is 0 Å². The zero-order valence-electron chi connectivity index (χ0n) is 20.4. The Morgan fingerprint density at radius 1 is 1.12 bits per heavy atom. The van der Waals surface area contributed by atoms with Crippen molar-refractivity contribution in [2.24, 2.45) is 0 Å². The molecule has 0 N–H and O–H groups in total. The fourth-order valence-corrected chi connectivity index (χ4v) is 5.51. The summed E-state index contributed by atoms with van der Waals surface area (Å²) in [6, 6.07) is 5.36. The first kappa shape index (κ1) is 24.8. The van der Waals surface area contributed by atoms with Crippen LogP contribution >= 0.6 is 22.6 Å². The van der Waals surface area contributed by atoms with Crippen molar-refractivity contribution in [3.8, 4) is 11.5 Å². The third-order valence-corrected chi connectivity index (χ3v) is 7.48. The summed E-state index contributed by atoms with van der Waals surface area (Å²) in [5, 5.41) is 0. The molecule has 0 aliphatic carbocycles. The lowest BCUT2D eigenvalue weighted by molar-refractivity contribution is -0.167. The van der Waals surface area contributed by atoms with Crippen molar-refractivity contribution in [1.82, 2.24) is 4.90 Å². The Kier molecular flexibility index (Phi) is 6.83. The van der Waals surface area contributed by atoms with E-state index in [1.54, 1.807) is 25.1 Å². The first-order chi connectivity index (χ1) is 16.0. The van der Waals surface area contributed by atoms with E-state index in [0.29, 0.717) is 30.2 Å². The Bertz CT molecular complexity index is 1150. The second-order valence-electron chi connectivity index (χ2n) is 9.50. The highest BCUT2D eigenvalue weighted by Crippen LogP contribution is 2.42. The molecule has 8 heteroatoms. The van der Waals surface area contributed by atoms with E-state index in [1.807, 2.05) is 39.5 Å². The molecule has 2 aliphatic heterocycles. The summed E-state index contributed by atoms with van der Waals surface area (Å²) in [7, 11) is 0. The van der Waals surface area contributed by atoms with Gasteiger partial charge in [0, 0.05) is 22.2 Å². The quantitative estimate of drug-likeness (QED) is 0.358. The molecule has 34 heavy (non-hydrogen) atoms. The molecule has 0 saturated carbocycles. The number of fused-ring (bicyclic) bond motifs is 2. The lowest BCUT2D eigenvalue weighted by atomic mass is 9.91. The first-order valence-electron chi connectivity index (χ1n) is 11.4. The van der Waals surface area contributed by atoms with Gasteiger partial charge in [0.1, 0.15) is 0 Å². The second kappa shape index (κ2) is 9.37. The maximum Gasteiger partial charge on any atom is 0.340 e. The van der Waals surface area contributed by atoms with E-state index < -0.39 is 17.7 Å².